The summed E-state index contributed by atoms with van der Waals surface area (Å²) in [5.74, 6) is 1.11. The first-order valence-corrected chi connectivity index (χ1v) is 10.0. The van der Waals surface area contributed by atoms with Crippen molar-refractivity contribution in [2.24, 2.45) is 0 Å². The molecule has 2 heterocycles. The number of anilines is 1. The Balaban J connectivity index is 1.70. The summed E-state index contributed by atoms with van der Waals surface area (Å²) in [6, 6.07) is 8.43. The largest absolute Gasteiger partial charge is 0.472 e. The van der Waals surface area contributed by atoms with Crippen LogP contribution >= 0.6 is 11.6 Å². The van der Waals surface area contributed by atoms with Crippen LogP contribution in [0.4, 0.5) is 5.82 Å². The molecule has 0 aliphatic carbocycles. The second-order valence-corrected chi connectivity index (χ2v) is 8.77. The summed E-state index contributed by atoms with van der Waals surface area (Å²) in [6.07, 6.45) is 0.333. The van der Waals surface area contributed by atoms with E-state index in [0.29, 0.717) is 29.4 Å². The number of halogens is 1. The predicted octanol–water partition coefficient (Wildman–Crippen LogP) is 2.35. The van der Waals surface area contributed by atoms with Gasteiger partial charge in [-0.3, -0.25) is 0 Å². The van der Waals surface area contributed by atoms with Crippen molar-refractivity contribution >= 4 is 27.4 Å². The first-order chi connectivity index (χ1) is 12.3. The summed E-state index contributed by atoms with van der Waals surface area (Å²) in [5, 5.41) is 8.50. The van der Waals surface area contributed by atoms with Crippen molar-refractivity contribution in [2.75, 3.05) is 32.1 Å². The molecule has 1 fully saturated rings. The molecule has 1 unspecified atom stereocenters. The summed E-state index contributed by atoms with van der Waals surface area (Å²) < 4.78 is 33.0. The third-order valence-electron chi connectivity index (χ3n) is 4.25. The van der Waals surface area contributed by atoms with Crippen molar-refractivity contribution in [1.82, 2.24) is 14.5 Å². The van der Waals surface area contributed by atoms with E-state index in [-0.39, 0.29) is 17.5 Å². The average molecular weight is 397 g/mol. The molecule has 0 bridgehead atoms. The monoisotopic (exact) mass is 396 g/mol. The van der Waals surface area contributed by atoms with Crippen molar-refractivity contribution in [3.05, 3.63) is 40.9 Å². The molecule has 140 valence electrons. The maximum atomic E-state index is 12.9. The summed E-state index contributed by atoms with van der Waals surface area (Å²) >= 11 is 5.97. The Morgan fingerprint density at radius 1 is 1.23 bits per heavy atom. The fraction of sp³-hybridized carbons (Fsp3) is 0.412. The highest BCUT2D eigenvalue weighted by molar-refractivity contribution is 7.89. The minimum absolute atomic E-state index is 0.237. The average Bonchev–Trinajstić information content (AvgIpc) is 3.07. The minimum Gasteiger partial charge on any atom is -0.472 e. The number of hydrogen-bond donors (Lipinski definition) is 0. The maximum absolute atomic E-state index is 12.9. The van der Waals surface area contributed by atoms with E-state index in [4.69, 9.17) is 16.3 Å². The number of sulfonamides is 1. The Kier molecular flexibility index (Phi) is 5.36. The molecule has 1 aliphatic heterocycles. The molecule has 0 saturated carbocycles. The summed E-state index contributed by atoms with van der Waals surface area (Å²) in [7, 11) is 0.145. The number of aromatic nitrogens is 2. The van der Waals surface area contributed by atoms with Crippen molar-refractivity contribution in [3.8, 4) is 5.88 Å². The van der Waals surface area contributed by atoms with Crippen LogP contribution in [0.1, 0.15) is 12.0 Å². The lowest BCUT2D eigenvalue weighted by Crippen LogP contribution is -2.31. The van der Waals surface area contributed by atoms with E-state index >= 15 is 0 Å². The molecule has 1 aliphatic rings. The number of ether oxygens (including phenoxy) is 1. The van der Waals surface area contributed by atoms with Gasteiger partial charge in [-0.25, -0.2) is 8.42 Å². The fourth-order valence-corrected chi connectivity index (χ4v) is 4.76. The molecule has 0 radical (unpaired) electrons. The standard InChI is InChI=1S/C17H21ClN4O3S/c1-12-4-5-13(18)10-15(12)26(23,24)22-9-8-14(11-22)25-17-7-6-16(19-20-17)21(2)3/h4-7,10,14H,8-9,11H2,1-3H3. The second-order valence-electron chi connectivity index (χ2n) is 6.43. The van der Waals surface area contributed by atoms with Gasteiger partial charge in [-0.15, -0.1) is 10.2 Å². The van der Waals surface area contributed by atoms with E-state index in [1.807, 2.05) is 19.0 Å². The molecular formula is C17H21ClN4O3S. The molecule has 1 saturated heterocycles. The van der Waals surface area contributed by atoms with E-state index in [1.165, 1.54) is 10.4 Å². The molecule has 2 aromatic rings. The summed E-state index contributed by atoms with van der Waals surface area (Å²) in [5.41, 5.74) is 0.670. The fourth-order valence-electron chi connectivity index (χ4n) is 2.79. The van der Waals surface area contributed by atoms with Crippen molar-refractivity contribution in [1.29, 1.82) is 0 Å². The molecular weight excluding hydrogens is 376 g/mol. The molecule has 1 aromatic heterocycles. The summed E-state index contributed by atoms with van der Waals surface area (Å²) in [6.45, 7) is 2.42. The lowest BCUT2D eigenvalue weighted by molar-refractivity contribution is 0.204. The second kappa shape index (κ2) is 7.38. The molecule has 1 aromatic carbocycles. The predicted molar refractivity (Wildman–Crippen MR) is 100 cm³/mol. The first kappa shape index (κ1) is 18.9. The van der Waals surface area contributed by atoms with Crippen LogP contribution in [-0.2, 0) is 10.0 Å². The molecule has 0 N–H and O–H groups in total. The third kappa shape index (κ3) is 3.92. The van der Waals surface area contributed by atoms with Crippen LogP contribution in [0, 0.1) is 6.92 Å². The normalized spacial score (nSPS) is 18.1. The van der Waals surface area contributed by atoms with Gasteiger partial charge >= 0.3 is 0 Å². The van der Waals surface area contributed by atoms with Gasteiger partial charge in [0.25, 0.3) is 0 Å². The van der Waals surface area contributed by atoms with Gasteiger partial charge in [-0.2, -0.15) is 4.31 Å². The molecule has 0 spiro atoms. The van der Waals surface area contributed by atoms with Crippen LogP contribution in [0.2, 0.25) is 5.02 Å². The zero-order valence-corrected chi connectivity index (χ0v) is 16.5. The number of benzene rings is 1. The van der Waals surface area contributed by atoms with Gasteiger partial charge in [0.15, 0.2) is 5.82 Å². The smallest absolute Gasteiger partial charge is 0.243 e. The Morgan fingerprint density at radius 2 is 2.00 bits per heavy atom. The van der Waals surface area contributed by atoms with Crippen molar-refractivity contribution in [3.63, 3.8) is 0 Å². The van der Waals surface area contributed by atoms with Crippen LogP contribution in [0.25, 0.3) is 0 Å². The third-order valence-corrected chi connectivity index (χ3v) is 6.49. The van der Waals surface area contributed by atoms with Gasteiger partial charge in [0.1, 0.15) is 6.10 Å². The SMILES string of the molecule is Cc1ccc(Cl)cc1S(=O)(=O)N1CCC(Oc2ccc(N(C)C)nn2)C1. The number of nitrogens with zero attached hydrogens (tertiary/aromatic N) is 4. The zero-order valence-electron chi connectivity index (χ0n) is 14.9. The minimum atomic E-state index is -3.61. The topological polar surface area (TPSA) is 75.6 Å². The molecule has 1 atom stereocenters. The molecule has 7 nitrogen and oxygen atoms in total. The van der Waals surface area contributed by atoms with Gasteiger partial charge in [0.05, 0.1) is 11.4 Å². The van der Waals surface area contributed by atoms with E-state index in [1.54, 1.807) is 31.2 Å². The van der Waals surface area contributed by atoms with E-state index in [0.717, 1.165) is 5.82 Å². The van der Waals surface area contributed by atoms with Gasteiger partial charge in [-0.1, -0.05) is 17.7 Å². The number of rotatable bonds is 5. The highest BCUT2D eigenvalue weighted by Crippen LogP contribution is 2.27. The lowest BCUT2D eigenvalue weighted by Gasteiger charge is -2.18. The molecule has 9 heteroatoms. The number of hydrogen-bond acceptors (Lipinski definition) is 6. The van der Waals surface area contributed by atoms with Crippen LogP contribution in [0.5, 0.6) is 5.88 Å². The molecule has 3 rings (SSSR count). The lowest BCUT2D eigenvalue weighted by atomic mass is 10.2. The Hall–Kier alpha value is -1.90. The molecule has 26 heavy (non-hydrogen) atoms. The van der Waals surface area contributed by atoms with E-state index < -0.39 is 10.0 Å². The van der Waals surface area contributed by atoms with E-state index in [2.05, 4.69) is 10.2 Å². The van der Waals surface area contributed by atoms with Gasteiger partial charge in [-0.05, 0) is 37.1 Å². The van der Waals surface area contributed by atoms with Crippen LogP contribution in [0.3, 0.4) is 0 Å². The van der Waals surface area contributed by atoms with Gasteiger partial charge < -0.3 is 9.64 Å². The Morgan fingerprint density at radius 3 is 2.65 bits per heavy atom. The van der Waals surface area contributed by atoms with Gasteiger partial charge in [0, 0.05) is 31.7 Å². The van der Waals surface area contributed by atoms with Crippen molar-refractivity contribution in [2.45, 2.75) is 24.3 Å². The van der Waals surface area contributed by atoms with Crippen LogP contribution in [0.15, 0.2) is 35.2 Å². The zero-order chi connectivity index (χ0) is 18.9. The first-order valence-electron chi connectivity index (χ1n) is 8.21. The van der Waals surface area contributed by atoms with Crippen molar-refractivity contribution < 1.29 is 13.2 Å². The maximum Gasteiger partial charge on any atom is 0.243 e. The van der Waals surface area contributed by atoms with E-state index in [9.17, 15) is 8.42 Å². The van der Waals surface area contributed by atoms with Crippen LogP contribution < -0.4 is 9.64 Å². The molecule has 0 amide bonds. The highest BCUT2D eigenvalue weighted by atomic mass is 35.5. The van der Waals surface area contributed by atoms with Crippen LogP contribution in [-0.4, -0.2) is 56.2 Å². The summed E-state index contributed by atoms with van der Waals surface area (Å²) in [4.78, 5) is 2.08. The quantitative estimate of drug-likeness (QED) is 0.772. The van der Waals surface area contributed by atoms with Gasteiger partial charge in [0.2, 0.25) is 15.9 Å². The highest BCUT2D eigenvalue weighted by Gasteiger charge is 2.34. The number of aryl methyl sites for hydroxylation is 1. The Labute approximate surface area is 158 Å². The Bertz CT molecular complexity index is 887.